The zero-order valence-corrected chi connectivity index (χ0v) is 30.2. The first-order valence-corrected chi connectivity index (χ1v) is 20.1. The molecule has 0 amide bonds. The molecule has 3 aliphatic heterocycles. The Morgan fingerprint density at radius 2 is 1.87 bits per heavy atom. The molecule has 0 saturated carbocycles. The second-order valence-corrected chi connectivity index (χ2v) is 17.1. The summed E-state index contributed by atoms with van der Waals surface area (Å²) in [7, 11) is 0. The van der Waals surface area contributed by atoms with Crippen LogP contribution in [0.2, 0.25) is 0 Å². The van der Waals surface area contributed by atoms with Crippen LogP contribution in [0.1, 0.15) is 57.4 Å². The quantitative estimate of drug-likeness (QED) is 0.247. The van der Waals surface area contributed by atoms with E-state index in [1.165, 1.54) is 29.6 Å². The molecule has 0 bridgehead atoms. The second-order valence-electron chi connectivity index (χ2n) is 15.1. The van der Waals surface area contributed by atoms with Gasteiger partial charge in [-0.05, 0) is 95.1 Å². The van der Waals surface area contributed by atoms with Crippen molar-refractivity contribution < 1.29 is 9.47 Å². The van der Waals surface area contributed by atoms with Gasteiger partial charge in [0.25, 0.3) is 0 Å². The lowest BCUT2D eigenvalue weighted by atomic mass is 9.44. The molecule has 244 valence electrons. The van der Waals surface area contributed by atoms with Crippen molar-refractivity contribution in [3.05, 3.63) is 122 Å². The highest BCUT2D eigenvalue weighted by atomic mass is 127. The Balaban J connectivity index is 1.16. The fraction of sp³-hybridized carbons (Fsp3) is 0.476. The van der Waals surface area contributed by atoms with Gasteiger partial charge in [0.15, 0.2) is 0 Å². The van der Waals surface area contributed by atoms with Crippen LogP contribution < -0.4 is 5.73 Å². The molecule has 0 aromatic heterocycles. The molecule has 12 atom stereocenters. The number of hydrogen-bond donors (Lipinski definition) is 1. The number of hydrogen-bond acceptors (Lipinski definition) is 4. The number of allylic oxidation sites excluding steroid dienone is 9. The van der Waals surface area contributed by atoms with Crippen molar-refractivity contribution in [1.82, 2.24) is 0 Å². The molecular formula is C42H46INO2S. The molecule has 1 aromatic carbocycles. The van der Waals surface area contributed by atoms with Crippen LogP contribution in [0.4, 0.5) is 0 Å². The van der Waals surface area contributed by atoms with Gasteiger partial charge in [-0.2, -0.15) is 0 Å². The van der Waals surface area contributed by atoms with E-state index in [1.54, 1.807) is 11.1 Å². The molecule has 9 rings (SSSR count). The first kappa shape index (κ1) is 31.0. The summed E-state index contributed by atoms with van der Waals surface area (Å²) in [6, 6.07) is 11.0. The summed E-state index contributed by atoms with van der Waals surface area (Å²) in [6.07, 6.45) is 33.0. The first-order chi connectivity index (χ1) is 23.1. The Morgan fingerprint density at radius 1 is 0.979 bits per heavy atom. The monoisotopic (exact) mass is 755 g/mol. The molecule has 8 aliphatic rings. The number of rotatable bonds is 3. The summed E-state index contributed by atoms with van der Waals surface area (Å²) in [5, 5.41) is 1.58. The summed E-state index contributed by atoms with van der Waals surface area (Å²) in [6.45, 7) is 2.46. The van der Waals surface area contributed by atoms with Crippen LogP contribution in [-0.4, -0.2) is 29.7 Å². The Bertz CT molecular complexity index is 1670. The van der Waals surface area contributed by atoms with Crippen LogP contribution in [0.15, 0.2) is 117 Å². The molecule has 1 spiro atoms. The van der Waals surface area contributed by atoms with Crippen LogP contribution >= 0.6 is 34.4 Å². The van der Waals surface area contributed by atoms with Gasteiger partial charge in [0.1, 0.15) is 0 Å². The molecule has 0 radical (unpaired) electrons. The van der Waals surface area contributed by atoms with Crippen LogP contribution in [0.3, 0.4) is 0 Å². The SMILES string of the molecule is CC1CC2C(C=C1c1ccccc1)OC1C=CCCC1C21C2=CC=CCC2OC2CC(C3=CCCC4SC(N)=C(/C=C\I)C34)C=CC21. The van der Waals surface area contributed by atoms with Crippen LogP contribution in [0.25, 0.3) is 5.57 Å². The molecule has 3 nitrogen and oxygen atoms in total. The lowest BCUT2D eigenvalue weighted by Crippen LogP contribution is -2.66. The van der Waals surface area contributed by atoms with Gasteiger partial charge in [0, 0.05) is 28.4 Å². The molecule has 2 N–H and O–H groups in total. The highest BCUT2D eigenvalue weighted by molar-refractivity contribution is 14.1. The van der Waals surface area contributed by atoms with Gasteiger partial charge < -0.3 is 15.2 Å². The maximum absolute atomic E-state index is 7.30. The summed E-state index contributed by atoms with van der Waals surface area (Å²) in [5.41, 5.74) is 13.9. The number of thioether (sulfide) groups is 1. The molecule has 47 heavy (non-hydrogen) atoms. The standard InChI is InChI=1S/C42H46INO2S/c1-25-22-34-38(24-30(25)26-10-3-2-4-11-26)46-36-16-8-6-14-32(36)42(34)31-13-5-7-15-35(31)45-37-23-27(18-19-33(37)42)28-12-9-17-39-40(28)29(20-21-43)41(44)47-39/h2-5,7-8,10-13,16,18-21,24-25,27,32-40H,6,9,14-15,17,22-23,44H2,1H3/b21-20-. The maximum Gasteiger partial charge on any atom is 0.0832 e. The third-order valence-corrected chi connectivity index (χ3v) is 14.6. The van der Waals surface area contributed by atoms with Crippen molar-refractivity contribution in [2.75, 3.05) is 0 Å². The smallest absolute Gasteiger partial charge is 0.0832 e. The maximum atomic E-state index is 7.30. The summed E-state index contributed by atoms with van der Waals surface area (Å²) >= 11 is 4.26. The van der Waals surface area contributed by atoms with Crippen molar-refractivity contribution >= 4 is 39.9 Å². The van der Waals surface area contributed by atoms with Crippen molar-refractivity contribution in [1.29, 1.82) is 0 Å². The van der Waals surface area contributed by atoms with E-state index in [0.717, 1.165) is 37.1 Å². The van der Waals surface area contributed by atoms with Gasteiger partial charge in [-0.15, -0.1) is 11.8 Å². The third-order valence-electron chi connectivity index (χ3n) is 13.0. The Labute approximate surface area is 298 Å². The Kier molecular flexibility index (Phi) is 8.15. The van der Waals surface area contributed by atoms with Crippen molar-refractivity contribution in [2.24, 2.45) is 46.7 Å². The predicted molar refractivity (Wildman–Crippen MR) is 202 cm³/mol. The zero-order chi connectivity index (χ0) is 31.7. The normalized spacial score (nSPS) is 43.4. The van der Waals surface area contributed by atoms with Gasteiger partial charge >= 0.3 is 0 Å². The highest BCUT2D eigenvalue weighted by Gasteiger charge is 2.66. The van der Waals surface area contributed by atoms with Gasteiger partial charge in [0.05, 0.1) is 29.4 Å². The minimum absolute atomic E-state index is 0.0112. The van der Waals surface area contributed by atoms with Crippen molar-refractivity contribution in [2.45, 2.75) is 81.5 Å². The van der Waals surface area contributed by atoms with E-state index < -0.39 is 0 Å². The number of fused-ring (bicyclic) bond motifs is 9. The van der Waals surface area contributed by atoms with E-state index in [9.17, 15) is 0 Å². The van der Waals surface area contributed by atoms with Crippen molar-refractivity contribution in [3.8, 4) is 0 Å². The average molecular weight is 756 g/mol. The van der Waals surface area contributed by atoms with E-state index in [4.69, 9.17) is 15.2 Å². The number of halogens is 1. The van der Waals surface area contributed by atoms with E-state index in [0.29, 0.717) is 40.8 Å². The number of ether oxygens (including phenoxy) is 2. The van der Waals surface area contributed by atoms with E-state index >= 15 is 0 Å². The topological polar surface area (TPSA) is 44.5 Å². The van der Waals surface area contributed by atoms with Gasteiger partial charge in [0.2, 0.25) is 0 Å². The van der Waals surface area contributed by atoms with Gasteiger partial charge in [-0.3, -0.25) is 0 Å². The fourth-order valence-corrected chi connectivity index (χ4v) is 13.0. The summed E-state index contributed by atoms with van der Waals surface area (Å²) in [4.78, 5) is 0. The number of benzene rings is 1. The molecule has 3 heterocycles. The number of nitrogens with two attached hydrogens (primary N) is 1. The van der Waals surface area contributed by atoms with E-state index in [-0.39, 0.29) is 29.8 Å². The van der Waals surface area contributed by atoms with Crippen molar-refractivity contribution in [3.63, 3.8) is 0 Å². The fourth-order valence-electron chi connectivity index (χ4n) is 11.3. The van der Waals surface area contributed by atoms with E-state index in [2.05, 4.69) is 125 Å². The first-order valence-electron chi connectivity index (χ1n) is 18.0. The molecule has 1 aromatic rings. The highest BCUT2D eigenvalue weighted by Crippen LogP contribution is 2.67. The molecule has 5 heteroatoms. The molecule has 2 saturated heterocycles. The molecule has 2 fully saturated rings. The Morgan fingerprint density at radius 3 is 2.74 bits per heavy atom. The minimum Gasteiger partial charge on any atom is -0.393 e. The molecule has 12 unspecified atom stereocenters. The third kappa shape index (κ3) is 4.87. The Hall–Kier alpha value is -2.06. The summed E-state index contributed by atoms with van der Waals surface area (Å²) in [5.74, 6) is 2.50. The second kappa shape index (κ2) is 12.4. The lowest BCUT2D eigenvalue weighted by Gasteiger charge is -2.66. The largest absolute Gasteiger partial charge is 0.393 e. The lowest BCUT2D eigenvalue weighted by molar-refractivity contribution is -0.214. The van der Waals surface area contributed by atoms with Gasteiger partial charge in [-0.25, -0.2) is 0 Å². The average Bonchev–Trinajstić information content (AvgIpc) is 3.43. The van der Waals surface area contributed by atoms with Crippen LogP contribution in [0.5, 0.6) is 0 Å². The van der Waals surface area contributed by atoms with E-state index in [1.807, 2.05) is 11.8 Å². The minimum atomic E-state index is 0.0112. The van der Waals surface area contributed by atoms with Crippen LogP contribution in [-0.2, 0) is 9.47 Å². The van der Waals surface area contributed by atoms with Gasteiger partial charge in [-0.1, -0.05) is 120 Å². The summed E-state index contributed by atoms with van der Waals surface area (Å²) < 4.78 is 16.6. The van der Waals surface area contributed by atoms with Crippen LogP contribution in [0, 0.1) is 40.9 Å². The predicted octanol–water partition coefficient (Wildman–Crippen LogP) is 9.86. The molecule has 5 aliphatic carbocycles. The molecular weight excluding hydrogens is 709 g/mol. The zero-order valence-electron chi connectivity index (χ0n) is 27.2.